The van der Waals surface area contributed by atoms with Crippen LogP contribution in [0.15, 0.2) is 12.7 Å². The average molecular weight is 352 g/mol. The Morgan fingerprint density at radius 2 is 2.12 bits per heavy atom. The van der Waals surface area contributed by atoms with E-state index in [4.69, 9.17) is 9.47 Å². The van der Waals surface area contributed by atoms with Crippen molar-refractivity contribution < 1.29 is 19.1 Å². The zero-order valence-corrected chi connectivity index (χ0v) is 15.9. The van der Waals surface area contributed by atoms with Crippen LogP contribution < -0.4 is 5.32 Å². The van der Waals surface area contributed by atoms with Crippen molar-refractivity contribution in [3.8, 4) is 0 Å². The third-order valence-corrected chi connectivity index (χ3v) is 4.74. The maximum absolute atomic E-state index is 12.9. The standard InChI is InChI=1S/C19H32N2O4/c1-6-8-9-11-15(22)21-12-14-17(25-19(4,5)24-14)16(21)18(23)20-13(3)10-7-2/h6,13-14,16-17H,1,7-12H2,2-5H3,(H,20,23)/t13?,14-,16-,17-/m0/s1. The molecule has 0 radical (unpaired) electrons. The van der Waals surface area contributed by atoms with E-state index in [2.05, 4.69) is 18.8 Å². The number of likely N-dealkylation sites (tertiary alicyclic amines) is 1. The number of allylic oxidation sites excluding steroid dienone is 1. The van der Waals surface area contributed by atoms with Crippen LogP contribution in [0.2, 0.25) is 0 Å². The van der Waals surface area contributed by atoms with Crippen molar-refractivity contribution in [2.24, 2.45) is 0 Å². The van der Waals surface area contributed by atoms with Gasteiger partial charge in [-0.15, -0.1) is 6.58 Å². The first-order chi connectivity index (χ1) is 11.8. The molecule has 1 unspecified atom stereocenters. The summed E-state index contributed by atoms with van der Waals surface area (Å²) < 4.78 is 11.9. The fourth-order valence-corrected chi connectivity index (χ4v) is 3.68. The second kappa shape index (κ2) is 8.32. The van der Waals surface area contributed by atoms with Gasteiger partial charge >= 0.3 is 0 Å². The smallest absolute Gasteiger partial charge is 0.245 e. The lowest BCUT2D eigenvalue weighted by atomic mass is 10.1. The number of amides is 2. The van der Waals surface area contributed by atoms with E-state index in [0.29, 0.717) is 13.0 Å². The zero-order valence-electron chi connectivity index (χ0n) is 15.9. The van der Waals surface area contributed by atoms with Gasteiger partial charge in [0, 0.05) is 12.5 Å². The monoisotopic (exact) mass is 352 g/mol. The Bertz CT molecular complexity index is 506. The van der Waals surface area contributed by atoms with Crippen molar-refractivity contribution in [3.63, 3.8) is 0 Å². The van der Waals surface area contributed by atoms with E-state index in [1.54, 1.807) is 11.0 Å². The molecular formula is C19H32N2O4. The molecule has 4 atom stereocenters. The minimum absolute atomic E-state index is 0.0236. The van der Waals surface area contributed by atoms with E-state index >= 15 is 0 Å². The molecule has 6 nitrogen and oxygen atoms in total. The van der Waals surface area contributed by atoms with E-state index in [1.165, 1.54) is 0 Å². The van der Waals surface area contributed by atoms with Crippen molar-refractivity contribution in [1.82, 2.24) is 10.2 Å². The number of rotatable bonds is 8. The third kappa shape index (κ3) is 4.82. The van der Waals surface area contributed by atoms with Gasteiger partial charge in [0.15, 0.2) is 5.79 Å². The van der Waals surface area contributed by atoms with Gasteiger partial charge in [0.1, 0.15) is 18.2 Å². The lowest BCUT2D eigenvalue weighted by Gasteiger charge is -2.30. The van der Waals surface area contributed by atoms with Gasteiger partial charge in [0.05, 0.1) is 6.54 Å². The van der Waals surface area contributed by atoms with Crippen LogP contribution in [0.25, 0.3) is 0 Å². The highest BCUT2D eigenvalue weighted by atomic mass is 16.8. The Balaban J connectivity index is 2.11. The van der Waals surface area contributed by atoms with Gasteiger partial charge in [-0.2, -0.15) is 0 Å². The molecule has 2 rings (SSSR count). The molecule has 2 aliphatic heterocycles. The zero-order chi connectivity index (χ0) is 18.6. The summed E-state index contributed by atoms with van der Waals surface area (Å²) >= 11 is 0. The average Bonchev–Trinajstić information content (AvgIpc) is 2.99. The lowest BCUT2D eigenvalue weighted by molar-refractivity contribution is -0.170. The summed E-state index contributed by atoms with van der Waals surface area (Å²) in [6, 6.07) is -0.549. The van der Waals surface area contributed by atoms with Gasteiger partial charge < -0.3 is 19.7 Å². The van der Waals surface area contributed by atoms with Crippen LogP contribution in [0.3, 0.4) is 0 Å². The topological polar surface area (TPSA) is 67.9 Å². The molecular weight excluding hydrogens is 320 g/mol. The summed E-state index contributed by atoms with van der Waals surface area (Å²) in [5.74, 6) is -0.891. The van der Waals surface area contributed by atoms with E-state index in [1.807, 2.05) is 20.8 Å². The highest BCUT2D eigenvalue weighted by molar-refractivity contribution is 5.89. The number of hydrogen-bond acceptors (Lipinski definition) is 4. The fourth-order valence-electron chi connectivity index (χ4n) is 3.68. The minimum Gasteiger partial charge on any atom is -0.352 e. The second-order valence-corrected chi connectivity index (χ2v) is 7.51. The third-order valence-electron chi connectivity index (χ3n) is 4.74. The Labute approximate surface area is 150 Å². The van der Waals surface area contributed by atoms with Crippen LogP contribution in [0.4, 0.5) is 0 Å². The summed E-state index contributed by atoms with van der Waals surface area (Å²) in [5, 5.41) is 3.03. The lowest BCUT2D eigenvalue weighted by Crippen LogP contribution is -2.53. The maximum atomic E-state index is 12.9. The van der Waals surface area contributed by atoms with Crippen LogP contribution >= 0.6 is 0 Å². The van der Waals surface area contributed by atoms with Gasteiger partial charge in [-0.05, 0) is 40.0 Å². The summed E-state index contributed by atoms with van der Waals surface area (Å²) in [5.41, 5.74) is 0. The number of hydrogen-bond donors (Lipinski definition) is 1. The predicted octanol–water partition coefficient (Wildman–Crippen LogP) is 2.38. The quantitative estimate of drug-likeness (QED) is 0.538. The molecule has 0 saturated carbocycles. The largest absolute Gasteiger partial charge is 0.352 e. The van der Waals surface area contributed by atoms with Crippen LogP contribution in [-0.2, 0) is 19.1 Å². The van der Waals surface area contributed by atoms with Crippen molar-refractivity contribution in [1.29, 1.82) is 0 Å². The molecule has 1 N–H and O–H groups in total. The minimum atomic E-state index is -0.721. The Morgan fingerprint density at radius 1 is 1.40 bits per heavy atom. The van der Waals surface area contributed by atoms with Crippen LogP contribution in [0.5, 0.6) is 0 Å². The van der Waals surface area contributed by atoms with Crippen molar-refractivity contribution >= 4 is 11.8 Å². The fraction of sp³-hybridized carbons (Fsp3) is 0.789. The normalized spacial score (nSPS) is 28.5. The number of fused-ring (bicyclic) bond motifs is 1. The molecule has 0 spiro atoms. The van der Waals surface area contributed by atoms with E-state index < -0.39 is 17.9 Å². The number of nitrogens with one attached hydrogen (secondary N) is 1. The van der Waals surface area contributed by atoms with Gasteiger partial charge in [-0.3, -0.25) is 9.59 Å². The maximum Gasteiger partial charge on any atom is 0.245 e. The molecule has 142 valence electrons. The number of unbranched alkanes of at least 4 members (excludes halogenated alkanes) is 1. The molecule has 25 heavy (non-hydrogen) atoms. The van der Waals surface area contributed by atoms with Crippen molar-refractivity contribution in [2.75, 3.05) is 6.54 Å². The molecule has 2 aliphatic rings. The van der Waals surface area contributed by atoms with Crippen LogP contribution in [0.1, 0.15) is 59.8 Å². The first kappa shape index (κ1) is 19.9. The van der Waals surface area contributed by atoms with Gasteiger partial charge in [0.2, 0.25) is 11.8 Å². The Morgan fingerprint density at radius 3 is 2.76 bits per heavy atom. The van der Waals surface area contributed by atoms with Gasteiger partial charge in [-0.25, -0.2) is 0 Å². The summed E-state index contributed by atoms with van der Waals surface area (Å²) in [6.45, 7) is 11.8. The molecule has 2 amide bonds. The first-order valence-electron chi connectivity index (χ1n) is 9.35. The van der Waals surface area contributed by atoms with Crippen molar-refractivity contribution in [2.45, 2.75) is 89.9 Å². The molecule has 0 bridgehead atoms. The summed E-state index contributed by atoms with van der Waals surface area (Å²) in [6.07, 6.45) is 4.97. The van der Waals surface area contributed by atoms with Gasteiger partial charge in [0.25, 0.3) is 0 Å². The Kier molecular flexibility index (Phi) is 6.63. The molecule has 0 aromatic rings. The molecule has 0 aliphatic carbocycles. The molecule has 2 saturated heterocycles. The second-order valence-electron chi connectivity index (χ2n) is 7.51. The van der Waals surface area contributed by atoms with E-state index in [-0.39, 0.29) is 24.0 Å². The van der Waals surface area contributed by atoms with Crippen molar-refractivity contribution in [3.05, 3.63) is 12.7 Å². The number of carbonyl (C=O) groups excluding carboxylic acids is 2. The van der Waals surface area contributed by atoms with E-state index in [9.17, 15) is 9.59 Å². The van der Waals surface area contributed by atoms with Gasteiger partial charge in [-0.1, -0.05) is 19.4 Å². The SMILES string of the molecule is C=CCCCC(=O)N1C[C@@H]2OC(C)(C)O[C@@H]2[C@H]1C(=O)NC(C)CCC. The molecule has 0 aromatic carbocycles. The predicted molar refractivity (Wildman–Crippen MR) is 95.9 cm³/mol. The summed E-state index contributed by atoms with van der Waals surface area (Å²) in [4.78, 5) is 27.2. The molecule has 2 fully saturated rings. The highest BCUT2D eigenvalue weighted by Crippen LogP contribution is 2.37. The molecule has 0 aromatic heterocycles. The van der Waals surface area contributed by atoms with Crippen LogP contribution in [-0.4, -0.2) is 53.3 Å². The number of nitrogens with zero attached hydrogens (tertiary/aromatic N) is 1. The molecule has 6 heteroatoms. The van der Waals surface area contributed by atoms with E-state index in [0.717, 1.165) is 25.7 Å². The number of ether oxygens (including phenoxy) is 2. The first-order valence-corrected chi connectivity index (χ1v) is 9.35. The summed E-state index contributed by atoms with van der Waals surface area (Å²) in [7, 11) is 0. The Hall–Kier alpha value is -1.40. The van der Waals surface area contributed by atoms with Crippen LogP contribution in [0, 0.1) is 0 Å². The number of carbonyl (C=O) groups is 2. The molecule has 2 heterocycles. The highest BCUT2D eigenvalue weighted by Gasteiger charge is 2.56.